The first-order valence-corrected chi connectivity index (χ1v) is 5.71. The minimum Gasteiger partial charge on any atom is -0.428 e. The largest absolute Gasteiger partial charge is 0.428 e. The fourth-order valence-electron chi connectivity index (χ4n) is 1.85. The normalized spacial score (nSPS) is 10.7. The van der Waals surface area contributed by atoms with Crippen LogP contribution < -0.4 is 4.74 Å². The zero-order chi connectivity index (χ0) is 12.4. The topological polar surface area (TPSA) is 42.6 Å². The summed E-state index contributed by atoms with van der Waals surface area (Å²) in [7, 11) is 0. The van der Waals surface area contributed by atoms with Crippen molar-refractivity contribution in [3.05, 3.63) is 60.4 Å². The van der Waals surface area contributed by atoms with Crippen molar-refractivity contribution >= 4 is 10.8 Å². The first kappa shape index (κ1) is 10.9. The lowest BCUT2D eigenvalue weighted by Crippen LogP contribution is -1.82. The van der Waals surface area contributed by atoms with Gasteiger partial charge in [-0.3, -0.25) is 0 Å². The molecule has 1 heterocycles. The van der Waals surface area contributed by atoms with Gasteiger partial charge in [-0.1, -0.05) is 30.3 Å². The molecule has 0 saturated heterocycles. The lowest BCUT2D eigenvalue weighted by Gasteiger charge is -2.03. The second-order valence-corrected chi connectivity index (χ2v) is 3.99. The van der Waals surface area contributed by atoms with Crippen molar-refractivity contribution < 1.29 is 14.3 Å². The number of fused-ring (bicyclic) bond motifs is 1. The van der Waals surface area contributed by atoms with Crippen LogP contribution in [0.25, 0.3) is 10.8 Å². The summed E-state index contributed by atoms with van der Waals surface area (Å²) in [5, 5.41) is 11.2. The standard InChI is InChI=1S/C15H12O3/c16-10-14-7-8-15(18-14)17-13-6-5-11-3-1-2-4-12(11)9-13/h1-9,16H,10H2. The van der Waals surface area contributed by atoms with E-state index in [0.29, 0.717) is 17.5 Å². The molecule has 0 unspecified atom stereocenters. The number of benzene rings is 2. The van der Waals surface area contributed by atoms with E-state index in [2.05, 4.69) is 6.07 Å². The lowest BCUT2D eigenvalue weighted by atomic mass is 10.1. The Balaban J connectivity index is 1.90. The van der Waals surface area contributed by atoms with Gasteiger partial charge in [0.15, 0.2) is 0 Å². The van der Waals surface area contributed by atoms with E-state index in [1.165, 1.54) is 5.39 Å². The van der Waals surface area contributed by atoms with Gasteiger partial charge >= 0.3 is 0 Å². The predicted molar refractivity (Wildman–Crippen MR) is 68.7 cm³/mol. The van der Waals surface area contributed by atoms with Crippen LogP contribution in [0.3, 0.4) is 0 Å². The number of aliphatic hydroxyl groups is 1. The van der Waals surface area contributed by atoms with E-state index in [4.69, 9.17) is 14.3 Å². The lowest BCUT2D eigenvalue weighted by molar-refractivity contribution is 0.231. The van der Waals surface area contributed by atoms with Crippen LogP contribution in [0.4, 0.5) is 0 Å². The molecule has 3 rings (SSSR count). The molecule has 0 bridgehead atoms. The van der Waals surface area contributed by atoms with Crippen LogP contribution in [-0.4, -0.2) is 5.11 Å². The minimum atomic E-state index is -0.124. The second-order valence-electron chi connectivity index (χ2n) is 3.99. The summed E-state index contributed by atoms with van der Waals surface area (Å²) >= 11 is 0. The highest BCUT2D eigenvalue weighted by Crippen LogP contribution is 2.26. The average molecular weight is 240 g/mol. The molecule has 0 aliphatic carbocycles. The minimum absolute atomic E-state index is 0.124. The number of hydrogen-bond donors (Lipinski definition) is 1. The molecule has 0 fully saturated rings. The maximum Gasteiger partial charge on any atom is 0.290 e. The smallest absolute Gasteiger partial charge is 0.290 e. The Bertz CT molecular complexity index is 670. The number of ether oxygens (including phenoxy) is 1. The number of rotatable bonds is 3. The van der Waals surface area contributed by atoms with Gasteiger partial charge < -0.3 is 14.3 Å². The highest BCUT2D eigenvalue weighted by Gasteiger charge is 2.04. The molecule has 0 atom stereocenters. The molecule has 3 nitrogen and oxygen atoms in total. The molecular weight excluding hydrogens is 228 g/mol. The first-order valence-electron chi connectivity index (χ1n) is 5.71. The van der Waals surface area contributed by atoms with E-state index in [1.54, 1.807) is 12.1 Å². The third-order valence-electron chi connectivity index (χ3n) is 2.73. The van der Waals surface area contributed by atoms with Gasteiger partial charge in [-0.15, -0.1) is 0 Å². The summed E-state index contributed by atoms with van der Waals surface area (Å²) in [5.41, 5.74) is 0. The van der Waals surface area contributed by atoms with E-state index < -0.39 is 0 Å². The van der Waals surface area contributed by atoms with Crippen molar-refractivity contribution in [3.8, 4) is 11.7 Å². The fraction of sp³-hybridized carbons (Fsp3) is 0.0667. The third-order valence-corrected chi connectivity index (χ3v) is 2.73. The molecule has 1 aromatic heterocycles. The fourth-order valence-corrected chi connectivity index (χ4v) is 1.85. The molecule has 0 aliphatic heterocycles. The Morgan fingerprint density at radius 2 is 1.78 bits per heavy atom. The van der Waals surface area contributed by atoms with Crippen LogP contribution in [0.5, 0.6) is 11.7 Å². The van der Waals surface area contributed by atoms with Crippen LogP contribution in [0.1, 0.15) is 5.76 Å². The summed E-state index contributed by atoms with van der Waals surface area (Å²) in [5.74, 6) is 1.59. The molecule has 0 amide bonds. The van der Waals surface area contributed by atoms with E-state index in [1.807, 2.05) is 36.4 Å². The Kier molecular flexibility index (Phi) is 2.74. The maximum atomic E-state index is 8.91. The first-order chi connectivity index (χ1) is 8.85. The Hall–Kier alpha value is -2.26. The zero-order valence-electron chi connectivity index (χ0n) is 9.67. The molecule has 3 aromatic rings. The molecule has 1 N–H and O–H groups in total. The van der Waals surface area contributed by atoms with Gasteiger partial charge in [-0.05, 0) is 29.0 Å². The highest BCUT2D eigenvalue weighted by atomic mass is 16.6. The van der Waals surface area contributed by atoms with Gasteiger partial charge in [-0.25, -0.2) is 0 Å². The van der Waals surface area contributed by atoms with E-state index in [0.717, 1.165) is 5.39 Å². The van der Waals surface area contributed by atoms with Gasteiger partial charge in [0.1, 0.15) is 18.1 Å². The quantitative estimate of drug-likeness (QED) is 0.758. The van der Waals surface area contributed by atoms with Crippen LogP contribution in [0.2, 0.25) is 0 Å². The second kappa shape index (κ2) is 4.55. The van der Waals surface area contributed by atoms with Crippen molar-refractivity contribution in [2.24, 2.45) is 0 Å². The number of furan rings is 1. The third kappa shape index (κ3) is 2.08. The molecule has 0 spiro atoms. The Labute approximate surface area is 104 Å². The molecule has 2 aromatic carbocycles. The van der Waals surface area contributed by atoms with Crippen LogP contribution in [0, 0.1) is 0 Å². The molecule has 0 radical (unpaired) electrons. The molecule has 0 saturated carbocycles. The predicted octanol–water partition coefficient (Wildman–Crippen LogP) is 3.72. The van der Waals surface area contributed by atoms with Gasteiger partial charge in [0.2, 0.25) is 0 Å². The van der Waals surface area contributed by atoms with Gasteiger partial charge in [0.05, 0.1) is 0 Å². The zero-order valence-corrected chi connectivity index (χ0v) is 9.67. The highest BCUT2D eigenvalue weighted by molar-refractivity contribution is 5.83. The Morgan fingerprint density at radius 3 is 2.56 bits per heavy atom. The molecule has 18 heavy (non-hydrogen) atoms. The van der Waals surface area contributed by atoms with Gasteiger partial charge in [0.25, 0.3) is 5.95 Å². The van der Waals surface area contributed by atoms with Crippen molar-refractivity contribution in [2.75, 3.05) is 0 Å². The van der Waals surface area contributed by atoms with Gasteiger partial charge in [0, 0.05) is 6.07 Å². The molecule has 3 heteroatoms. The average Bonchev–Trinajstić information content (AvgIpc) is 2.86. The molecule has 90 valence electrons. The van der Waals surface area contributed by atoms with Crippen LogP contribution in [0.15, 0.2) is 59.0 Å². The van der Waals surface area contributed by atoms with E-state index in [-0.39, 0.29) is 6.61 Å². The van der Waals surface area contributed by atoms with E-state index in [9.17, 15) is 0 Å². The van der Waals surface area contributed by atoms with Crippen molar-refractivity contribution in [2.45, 2.75) is 6.61 Å². The molecule has 0 aliphatic rings. The van der Waals surface area contributed by atoms with Crippen LogP contribution in [-0.2, 0) is 6.61 Å². The summed E-state index contributed by atoms with van der Waals surface area (Å²) in [6.07, 6.45) is 0. The van der Waals surface area contributed by atoms with E-state index >= 15 is 0 Å². The van der Waals surface area contributed by atoms with Crippen molar-refractivity contribution in [1.29, 1.82) is 0 Å². The van der Waals surface area contributed by atoms with Crippen molar-refractivity contribution in [1.82, 2.24) is 0 Å². The Morgan fingerprint density at radius 1 is 0.944 bits per heavy atom. The summed E-state index contributed by atoms with van der Waals surface area (Å²) in [6, 6.07) is 17.3. The number of hydrogen-bond acceptors (Lipinski definition) is 3. The monoisotopic (exact) mass is 240 g/mol. The number of aliphatic hydroxyl groups excluding tert-OH is 1. The summed E-state index contributed by atoms with van der Waals surface area (Å²) in [6.45, 7) is -0.124. The maximum absolute atomic E-state index is 8.91. The molecular formula is C15H12O3. The summed E-state index contributed by atoms with van der Waals surface area (Å²) in [4.78, 5) is 0. The summed E-state index contributed by atoms with van der Waals surface area (Å²) < 4.78 is 10.9. The SMILES string of the molecule is OCc1ccc(Oc2ccc3ccccc3c2)o1. The van der Waals surface area contributed by atoms with Crippen molar-refractivity contribution in [3.63, 3.8) is 0 Å². The van der Waals surface area contributed by atoms with Gasteiger partial charge in [-0.2, -0.15) is 0 Å². The van der Waals surface area contributed by atoms with Crippen LogP contribution >= 0.6 is 0 Å².